The molecule has 0 fully saturated rings. The highest BCUT2D eigenvalue weighted by atomic mass is 127. The van der Waals surface area contributed by atoms with Crippen molar-refractivity contribution in [3.05, 3.63) is 37.9 Å². The zero-order valence-corrected chi connectivity index (χ0v) is 10.1. The fourth-order valence-electron chi connectivity index (χ4n) is 1.15. The van der Waals surface area contributed by atoms with Gasteiger partial charge >= 0.3 is 0 Å². The second kappa shape index (κ2) is 4.22. The molecule has 0 aliphatic heterocycles. The minimum absolute atomic E-state index is 0.293. The molecule has 1 aromatic carbocycles. The summed E-state index contributed by atoms with van der Waals surface area (Å²) in [5.41, 5.74) is 1.05. The number of benzene rings is 1. The normalized spacial score (nSPS) is 10.4. The van der Waals surface area contributed by atoms with Gasteiger partial charge in [0.2, 0.25) is 0 Å². The first-order chi connectivity index (χ1) is 6.74. The van der Waals surface area contributed by atoms with Crippen LogP contribution < -0.4 is 0 Å². The van der Waals surface area contributed by atoms with Crippen LogP contribution in [0.3, 0.4) is 0 Å². The van der Waals surface area contributed by atoms with Crippen LogP contribution in [-0.2, 0) is 6.42 Å². The van der Waals surface area contributed by atoms with E-state index in [9.17, 15) is 5.11 Å². The van der Waals surface area contributed by atoms with Gasteiger partial charge in [-0.15, -0.1) is 10.2 Å². The molecule has 0 unspecified atom stereocenters. The Hall–Kier alpha value is -0.690. The van der Waals surface area contributed by atoms with E-state index in [1.807, 2.05) is 12.1 Å². The van der Waals surface area contributed by atoms with Gasteiger partial charge in [-0.05, 0) is 40.3 Å². The molecule has 2 rings (SSSR count). The van der Waals surface area contributed by atoms with Gasteiger partial charge in [-0.3, -0.25) is 0 Å². The molecule has 0 amide bonds. The second-order valence-corrected chi connectivity index (χ2v) is 5.61. The summed E-state index contributed by atoms with van der Waals surface area (Å²) in [7, 11) is 0. The number of nitrogens with zero attached hydrogens (tertiary/aromatic N) is 2. The summed E-state index contributed by atoms with van der Waals surface area (Å²) in [6.45, 7) is 0. The van der Waals surface area contributed by atoms with E-state index in [1.54, 1.807) is 23.5 Å². The number of hydrogen-bond acceptors (Lipinski definition) is 4. The van der Waals surface area contributed by atoms with E-state index in [0.29, 0.717) is 5.75 Å². The molecule has 0 aliphatic rings. The molecule has 72 valence electrons. The van der Waals surface area contributed by atoms with Crippen molar-refractivity contribution in [2.45, 2.75) is 6.42 Å². The smallest absolute Gasteiger partial charge is 0.178 e. The molecule has 14 heavy (non-hydrogen) atoms. The number of halogens is 1. The Labute approximate surface area is 99.0 Å². The van der Waals surface area contributed by atoms with Gasteiger partial charge in [0.05, 0.1) is 0 Å². The van der Waals surface area contributed by atoms with Gasteiger partial charge < -0.3 is 5.11 Å². The lowest BCUT2D eigenvalue weighted by molar-refractivity contribution is 0.474. The molecule has 0 radical (unpaired) electrons. The Balaban J connectivity index is 2.18. The van der Waals surface area contributed by atoms with Gasteiger partial charge in [-0.1, -0.05) is 23.5 Å². The summed E-state index contributed by atoms with van der Waals surface area (Å²) >= 11 is 3.72. The number of phenolic OH excluding ortho intramolecular Hbond substituents is 1. The highest BCUT2D eigenvalue weighted by molar-refractivity contribution is 14.1. The van der Waals surface area contributed by atoms with Gasteiger partial charge in [0.15, 0.2) is 3.01 Å². The van der Waals surface area contributed by atoms with Crippen LogP contribution in [0.15, 0.2) is 24.3 Å². The van der Waals surface area contributed by atoms with E-state index < -0.39 is 0 Å². The van der Waals surface area contributed by atoms with E-state index in [-0.39, 0.29) is 0 Å². The van der Waals surface area contributed by atoms with Gasteiger partial charge in [-0.2, -0.15) is 0 Å². The zero-order valence-electron chi connectivity index (χ0n) is 7.14. The SMILES string of the molecule is Oc1cccc(Cc2nnc(I)s2)c1. The second-order valence-electron chi connectivity index (χ2n) is 2.80. The average molecular weight is 318 g/mol. The molecule has 2 aromatic rings. The lowest BCUT2D eigenvalue weighted by atomic mass is 10.1. The maximum atomic E-state index is 9.26. The Morgan fingerprint density at radius 3 is 2.86 bits per heavy atom. The molecule has 1 heterocycles. The van der Waals surface area contributed by atoms with Gasteiger partial charge in [0.1, 0.15) is 10.8 Å². The summed E-state index contributed by atoms with van der Waals surface area (Å²) < 4.78 is 0.942. The van der Waals surface area contributed by atoms with E-state index in [2.05, 4.69) is 32.8 Å². The Kier molecular flexibility index (Phi) is 2.97. The molecule has 0 saturated carbocycles. The van der Waals surface area contributed by atoms with Crippen molar-refractivity contribution >= 4 is 33.9 Å². The minimum Gasteiger partial charge on any atom is -0.508 e. The fraction of sp³-hybridized carbons (Fsp3) is 0.111. The van der Waals surface area contributed by atoms with Crippen LogP contribution in [0.4, 0.5) is 0 Å². The number of hydrogen-bond donors (Lipinski definition) is 1. The molecule has 3 nitrogen and oxygen atoms in total. The molecular formula is C9H7IN2OS. The van der Waals surface area contributed by atoms with E-state index in [1.165, 1.54) is 0 Å². The third kappa shape index (κ3) is 2.42. The Morgan fingerprint density at radius 1 is 1.36 bits per heavy atom. The lowest BCUT2D eigenvalue weighted by Crippen LogP contribution is -1.86. The summed E-state index contributed by atoms with van der Waals surface area (Å²) in [6.07, 6.45) is 0.731. The summed E-state index contributed by atoms with van der Waals surface area (Å²) in [5, 5.41) is 18.2. The molecular weight excluding hydrogens is 311 g/mol. The molecule has 1 aromatic heterocycles. The fourth-order valence-corrected chi connectivity index (χ4v) is 2.61. The third-order valence-corrected chi connectivity index (χ3v) is 3.30. The lowest BCUT2D eigenvalue weighted by Gasteiger charge is -1.97. The molecule has 0 bridgehead atoms. The molecule has 0 saturated heterocycles. The van der Waals surface area contributed by atoms with Crippen LogP contribution >= 0.6 is 33.9 Å². The quantitative estimate of drug-likeness (QED) is 0.865. The number of rotatable bonds is 2. The van der Waals surface area contributed by atoms with Crippen LogP contribution in [0.1, 0.15) is 10.6 Å². The van der Waals surface area contributed by atoms with Crippen molar-refractivity contribution in [3.63, 3.8) is 0 Å². The molecule has 0 spiro atoms. The van der Waals surface area contributed by atoms with Crippen molar-refractivity contribution in [2.24, 2.45) is 0 Å². The van der Waals surface area contributed by atoms with Crippen molar-refractivity contribution < 1.29 is 5.11 Å². The summed E-state index contributed by atoms with van der Waals surface area (Å²) in [6, 6.07) is 7.20. The molecule has 5 heteroatoms. The van der Waals surface area contributed by atoms with Crippen LogP contribution in [-0.4, -0.2) is 15.3 Å². The first kappa shape index (κ1) is 9.85. The largest absolute Gasteiger partial charge is 0.508 e. The highest BCUT2D eigenvalue weighted by Gasteiger charge is 2.02. The van der Waals surface area contributed by atoms with Crippen LogP contribution in [0.5, 0.6) is 5.75 Å². The summed E-state index contributed by atoms with van der Waals surface area (Å²) in [4.78, 5) is 0. The Bertz CT molecular complexity index is 444. The summed E-state index contributed by atoms with van der Waals surface area (Å²) in [5.74, 6) is 0.293. The van der Waals surface area contributed by atoms with E-state index in [4.69, 9.17) is 0 Å². The van der Waals surface area contributed by atoms with Crippen molar-refractivity contribution in [2.75, 3.05) is 0 Å². The zero-order chi connectivity index (χ0) is 9.97. The topological polar surface area (TPSA) is 46.0 Å². The molecule has 1 N–H and O–H groups in total. The van der Waals surface area contributed by atoms with Crippen LogP contribution in [0.25, 0.3) is 0 Å². The van der Waals surface area contributed by atoms with Gasteiger partial charge in [-0.25, -0.2) is 0 Å². The third-order valence-electron chi connectivity index (χ3n) is 1.71. The molecule has 0 aliphatic carbocycles. The standard InChI is InChI=1S/C9H7IN2OS/c10-9-12-11-8(14-9)5-6-2-1-3-7(13)4-6/h1-4,13H,5H2. The predicted molar refractivity (Wildman–Crippen MR) is 63.5 cm³/mol. The Morgan fingerprint density at radius 2 is 2.21 bits per heavy atom. The number of aromatic nitrogens is 2. The predicted octanol–water partition coefficient (Wildman–Crippen LogP) is 2.44. The minimum atomic E-state index is 0.293. The van der Waals surface area contributed by atoms with Crippen LogP contribution in [0.2, 0.25) is 0 Å². The maximum absolute atomic E-state index is 9.26. The maximum Gasteiger partial charge on any atom is 0.178 e. The molecule has 0 atom stereocenters. The van der Waals surface area contributed by atoms with Gasteiger partial charge in [0, 0.05) is 6.42 Å². The van der Waals surface area contributed by atoms with Gasteiger partial charge in [0.25, 0.3) is 0 Å². The number of phenols is 1. The first-order valence-electron chi connectivity index (χ1n) is 4.00. The van der Waals surface area contributed by atoms with Crippen molar-refractivity contribution in [1.29, 1.82) is 0 Å². The average Bonchev–Trinajstić information content (AvgIpc) is 2.51. The first-order valence-corrected chi connectivity index (χ1v) is 5.89. The van der Waals surface area contributed by atoms with Crippen LogP contribution in [0, 0.1) is 3.01 Å². The number of aromatic hydroxyl groups is 1. The van der Waals surface area contributed by atoms with Crippen molar-refractivity contribution in [1.82, 2.24) is 10.2 Å². The van der Waals surface area contributed by atoms with E-state index in [0.717, 1.165) is 20.0 Å². The van der Waals surface area contributed by atoms with Crippen molar-refractivity contribution in [3.8, 4) is 5.75 Å². The highest BCUT2D eigenvalue weighted by Crippen LogP contribution is 2.18. The van der Waals surface area contributed by atoms with E-state index >= 15 is 0 Å². The monoisotopic (exact) mass is 318 g/mol.